The number of aryl methyl sites for hydroxylation is 1. The van der Waals surface area contributed by atoms with Crippen LogP contribution in [0.25, 0.3) is 0 Å². The van der Waals surface area contributed by atoms with E-state index in [1.807, 2.05) is 6.92 Å². The van der Waals surface area contributed by atoms with Gasteiger partial charge < -0.3 is 5.73 Å². The maximum absolute atomic E-state index is 11.9. The summed E-state index contributed by atoms with van der Waals surface area (Å²) in [4.78, 5) is 16.1. The Morgan fingerprint density at radius 1 is 1.62 bits per heavy atom. The van der Waals surface area contributed by atoms with Crippen LogP contribution in [-0.2, 0) is 7.05 Å². The number of hydrogen-bond acceptors (Lipinski definition) is 5. The predicted molar refractivity (Wildman–Crippen MR) is 61.4 cm³/mol. The molecular weight excluding hydrogens is 224 g/mol. The molecule has 0 aliphatic carbocycles. The molecule has 0 saturated heterocycles. The van der Waals surface area contributed by atoms with Gasteiger partial charge in [0.2, 0.25) is 5.78 Å². The van der Waals surface area contributed by atoms with E-state index in [9.17, 15) is 4.79 Å². The van der Waals surface area contributed by atoms with Gasteiger partial charge in [-0.1, -0.05) is 0 Å². The maximum Gasteiger partial charge on any atom is 0.215 e. The van der Waals surface area contributed by atoms with Gasteiger partial charge in [0, 0.05) is 18.6 Å². The number of nitrogens with zero attached hydrogens (tertiary/aromatic N) is 3. The summed E-state index contributed by atoms with van der Waals surface area (Å²) < 4.78 is 1.59. The number of rotatable bonds is 3. The lowest BCUT2D eigenvalue weighted by atomic mass is 10.2. The van der Waals surface area contributed by atoms with Gasteiger partial charge in [0.1, 0.15) is 10.7 Å². The van der Waals surface area contributed by atoms with E-state index in [-0.39, 0.29) is 11.8 Å². The van der Waals surface area contributed by atoms with Crippen LogP contribution in [0.2, 0.25) is 0 Å². The van der Waals surface area contributed by atoms with E-state index in [1.54, 1.807) is 23.3 Å². The zero-order valence-electron chi connectivity index (χ0n) is 9.04. The summed E-state index contributed by atoms with van der Waals surface area (Å²) in [5.41, 5.74) is 6.67. The van der Waals surface area contributed by atoms with E-state index in [0.29, 0.717) is 11.3 Å². The minimum absolute atomic E-state index is 0.115. The average molecular weight is 236 g/mol. The second-order valence-electron chi connectivity index (χ2n) is 3.59. The summed E-state index contributed by atoms with van der Waals surface area (Å²) in [6.45, 7) is 1.84. The van der Waals surface area contributed by atoms with Crippen molar-refractivity contribution < 1.29 is 4.79 Å². The molecule has 1 unspecified atom stereocenters. The van der Waals surface area contributed by atoms with E-state index >= 15 is 0 Å². The first kappa shape index (κ1) is 11.0. The number of nitrogens with two attached hydrogens (primary N) is 1. The second kappa shape index (κ2) is 4.15. The zero-order chi connectivity index (χ0) is 11.7. The van der Waals surface area contributed by atoms with Crippen LogP contribution in [0.5, 0.6) is 0 Å². The van der Waals surface area contributed by atoms with Crippen molar-refractivity contribution >= 4 is 17.1 Å². The Kier molecular flexibility index (Phi) is 2.84. The van der Waals surface area contributed by atoms with Crippen LogP contribution in [0.1, 0.15) is 34.0 Å². The first-order chi connectivity index (χ1) is 7.58. The monoisotopic (exact) mass is 236 g/mol. The lowest BCUT2D eigenvalue weighted by Gasteiger charge is -1.96. The predicted octanol–water partition coefficient (Wildman–Crippen LogP) is 1.13. The maximum atomic E-state index is 11.9. The van der Waals surface area contributed by atoms with Crippen molar-refractivity contribution in [2.75, 3.05) is 0 Å². The van der Waals surface area contributed by atoms with E-state index in [2.05, 4.69) is 10.1 Å². The van der Waals surface area contributed by atoms with Crippen molar-refractivity contribution in [1.29, 1.82) is 0 Å². The number of carbonyl (C=O) groups is 1. The summed E-state index contributed by atoms with van der Waals surface area (Å²) >= 11 is 1.40. The minimum atomic E-state index is -0.138. The fourth-order valence-electron chi connectivity index (χ4n) is 1.29. The molecule has 1 atom stereocenters. The van der Waals surface area contributed by atoms with Crippen LogP contribution in [0.15, 0.2) is 17.8 Å². The third-order valence-electron chi connectivity index (χ3n) is 2.11. The molecule has 0 aromatic carbocycles. The van der Waals surface area contributed by atoms with Gasteiger partial charge in [0.25, 0.3) is 0 Å². The first-order valence-corrected chi connectivity index (χ1v) is 5.70. The Balaban J connectivity index is 2.27. The summed E-state index contributed by atoms with van der Waals surface area (Å²) in [5, 5.41) is 6.45. The van der Waals surface area contributed by atoms with E-state index in [4.69, 9.17) is 5.73 Å². The van der Waals surface area contributed by atoms with E-state index < -0.39 is 0 Å². The number of aromatic nitrogens is 3. The Labute approximate surface area is 96.9 Å². The minimum Gasteiger partial charge on any atom is -0.322 e. The molecule has 0 aliphatic heterocycles. The SMILES string of the molecule is CC(N)c1nc(C(=O)c2cnn(C)c2)cs1. The summed E-state index contributed by atoms with van der Waals surface area (Å²) in [7, 11) is 1.77. The molecule has 0 fully saturated rings. The molecule has 2 N–H and O–H groups in total. The molecule has 6 heteroatoms. The van der Waals surface area contributed by atoms with Gasteiger partial charge in [-0.3, -0.25) is 9.48 Å². The van der Waals surface area contributed by atoms with Crippen molar-refractivity contribution in [2.45, 2.75) is 13.0 Å². The molecule has 2 heterocycles. The molecule has 0 spiro atoms. The molecule has 2 aromatic rings. The largest absolute Gasteiger partial charge is 0.322 e. The normalized spacial score (nSPS) is 12.7. The lowest BCUT2D eigenvalue weighted by Crippen LogP contribution is -2.06. The third-order valence-corrected chi connectivity index (χ3v) is 3.16. The number of ketones is 1. The fraction of sp³-hybridized carbons (Fsp3) is 0.300. The van der Waals surface area contributed by atoms with Crippen molar-refractivity contribution in [3.05, 3.63) is 34.0 Å². The molecule has 16 heavy (non-hydrogen) atoms. The van der Waals surface area contributed by atoms with Crippen LogP contribution >= 0.6 is 11.3 Å². The van der Waals surface area contributed by atoms with Gasteiger partial charge in [0.15, 0.2) is 0 Å². The number of carbonyl (C=O) groups excluding carboxylic acids is 1. The Morgan fingerprint density at radius 2 is 2.38 bits per heavy atom. The molecule has 2 rings (SSSR count). The van der Waals surface area contributed by atoms with Crippen LogP contribution in [0, 0.1) is 0 Å². The highest BCUT2D eigenvalue weighted by Gasteiger charge is 2.15. The van der Waals surface area contributed by atoms with E-state index in [1.165, 1.54) is 17.5 Å². The molecule has 0 radical (unpaired) electrons. The van der Waals surface area contributed by atoms with Crippen LogP contribution in [0.4, 0.5) is 0 Å². The fourth-order valence-corrected chi connectivity index (χ4v) is 2.05. The topological polar surface area (TPSA) is 73.8 Å². The van der Waals surface area contributed by atoms with Gasteiger partial charge in [-0.25, -0.2) is 4.98 Å². The van der Waals surface area contributed by atoms with Gasteiger partial charge in [0.05, 0.1) is 17.8 Å². The Hall–Kier alpha value is -1.53. The van der Waals surface area contributed by atoms with Crippen LogP contribution in [0.3, 0.4) is 0 Å². The average Bonchev–Trinajstić information content (AvgIpc) is 2.84. The Bertz CT molecular complexity index is 514. The lowest BCUT2D eigenvalue weighted by molar-refractivity contribution is 0.103. The van der Waals surface area contributed by atoms with Crippen LogP contribution in [-0.4, -0.2) is 20.5 Å². The first-order valence-electron chi connectivity index (χ1n) is 4.82. The highest BCUT2D eigenvalue weighted by Crippen LogP contribution is 2.18. The summed E-state index contributed by atoms with van der Waals surface area (Å²) in [5.74, 6) is -0.115. The van der Waals surface area contributed by atoms with Crippen molar-refractivity contribution in [2.24, 2.45) is 12.8 Å². The molecule has 0 bridgehead atoms. The molecule has 5 nitrogen and oxygen atoms in total. The summed E-state index contributed by atoms with van der Waals surface area (Å²) in [6.07, 6.45) is 3.21. The molecule has 84 valence electrons. The summed E-state index contributed by atoms with van der Waals surface area (Å²) in [6, 6.07) is -0.138. The quantitative estimate of drug-likeness (QED) is 0.811. The molecule has 2 aromatic heterocycles. The third kappa shape index (κ3) is 2.02. The smallest absolute Gasteiger partial charge is 0.215 e. The van der Waals surface area contributed by atoms with E-state index in [0.717, 1.165) is 5.01 Å². The molecule has 0 saturated carbocycles. The highest BCUT2D eigenvalue weighted by atomic mass is 32.1. The number of hydrogen-bond donors (Lipinski definition) is 1. The van der Waals surface area contributed by atoms with Gasteiger partial charge in [-0.05, 0) is 6.92 Å². The zero-order valence-corrected chi connectivity index (χ0v) is 9.86. The van der Waals surface area contributed by atoms with Gasteiger partial charge >= 0.3 is 0 Å². The van der Waals surface area contributed by atoms with Crippen molar-refractivity contribution in [3.8, 4) is 0 Å². The van der Waals surface area contributed by atoms with Crippen LogP contribution < -0.4 is 5.73 Å². The Morgan fingerprint density at radius 3 is 2.88 bits per heavy atom. The van der Waals surface area contributed by atoms with Crippen molar-refractivity contribution in [3.63, 3.8) is 0 Å². The second-order valence-corrected chi connectivity index (χ2v) is 4.48. The van der Waals surface area contributed by atoms with Gasteiger partial charge in [-0.2, -0.15) is 5.10 Å². The number of thiazole rings is 1. The standard InChI is InChI=1S/C10H12N4OS/c1-6(11)10-13-8(5-16-10)9(15)7-3-12-14(2)4-7/h3-6H,11H2,1-2H3. The van der Waals surface area contributed by atoms with Gasteiger partial charge in [-0.15, -0.1) is 11.3 Å². The van der Waals surface area contributed by atoms with Crippen molar-refractivity contribution in [1.82, 2.24) is 14.8 Å². The molecular formula is C10H12N4OS. The highest BCUT2D eigenvalue weighted by molar-refractivity contribution is 7.09. The molecule has 0 amide bonds. The molecule has 0 aliphatic rings.